The summed E-state index contributed by atoms with van der Waals surface area (Å²) in [6.45, 7) is 7.71. The van der Waals surface area contributed by atoms with E-state index in [1.54, 1.807) is 12.1 Å². The Morgan fingerprint density at radius 3 is 2.77 bits per heavy atom. The number of rotatable bonds is 2. The fourth-order valence-corrected chi connectivity index (χ4v) is 4.76. The Hall–Kier alpha value is -3.31. The molecule has 3 aromatic carbocycles. The summed E-state index contributed by atoms with van der Waals surface area (Å²) in [6.07, 6.45) is 3.02. The van der Waals surface area contributed by atoms with E-state index in [-0.39, 0.29) is 5.41 Å². The average Bonchev–Trinajstić information content (AvgIpc) is 2.91. The Kier molecular flexibility index (Phi) is 4.18. The number of halogens is 1. The number of benzene rings is 3. The lowest BCUT2D eigenvalue weighted by Gasteiger charge is -2.45. The molecule has 0 aliphatic carbocycles. The SMILES string of the molecule is C=CC(=O)Oc1ccc2c3c(ccc2c1)OC1(C=N3)N(C)c2ccc(Cl)cc2C1(C)C. The summed E-state index contributed by atoms with van der Waals surface area (Å²) in [5.41, 5.74) is 1.77. The van der Waals surface area contributed by atoms with Gasteiger partial charge in [-0.25, -0.2) is 4.79 Å². The molecule has 0 aromatic heterocycles. The molecule has 1 spiro atoms. The molecule has 31 heavy (non-hydrogen) atoms. The second-order valence-corrected chi connectivity index (χ2v) is 8.76. The molecule has 0 saturated heterocycles. The highest BCUT2D eigenvalue weighted by atomic mass is 35.5. The zero-order valence-corrected chi connectivity index (χ0v) is 18.2. The van der Waals surface area contributed by atoms with Crippen LogP contribution in [0.15, 0.2) is 66.2 Å². The number of fused-ring (bicyclic) bond motifs is 4. The average molecular weight is 433 g/mol. The number of ether oxygens (including phenoxy) is 2. The largest absolute Gasteiger partial charge is 0.459 e. The molecule has 5 nitrogen and oxygen atoms in total. The van der Waals surface area contributed by atoms with Crippen LogP contribution >= 0.6 is 11.6 Å². The molecule has 0 radical (unpaired) electrons. The van der Waals surface area contributed by atoms with Crippen LogP contribution in [-0.4, -0.2) is 25.0 Å². The Morgan fingerprint density at radius 1 is 1.19 bits per heavy atom. The lowest BCUT2D eigenvalue weighted by molar-refractivity contribution is -0.128. The molecule has 5 rings (SSSR count). The van der Waals surface area contributed by atoms with Gasteiger partial charge in [0.15, 0.2) is 0 Å². The Balaban J connectivity index is 1.59. The maximum atomic E-state index is 11.5. The van der Waals surface area contributed by atoms with Crippen molar-refractivity contribution in [2.75, 3.05) is 11.9 Å². The smallest absolute Gasteiger partial charge is 0.335 e. The minimum atomic E-state index is -0.778. The van der Waals surface area contributed by atoms with Crippen LogP contribution in [0, 0.1) is 0 Å². The molecule has 2 heterocycles. The molecule has 0 fully saturated rings. The van der Waals surface area contributed by atoms with Crippen LogP contribution in [0.1, 0.15) is 19.4 Å². The van der Waals surface area contributed by atoms with E-state index in [9.17, 15) is 4.79 Å². The topological polar surface area (TPSA) is 51.1 Å². The van der Waals surface area contributed by atoms with Crippen LogP contribution in [0.4, 0.5) is 11.4 Å². The molecular weight excluding hydrogens is 412 g/mol. The van der Waals surface area contributed by atoms with E-state index < -0.39 is 11.7 Å². The predicted molar refractivity (Wildman–Crippen MR) is 124 cm³/mol. The molecule has 156 valence electrons. The summed E-state index contributed by atoms with van der Waals surface area (Å²) >= 11 is 6.30. The van der Waals surface area contributed by atoms with Crippen molar-refractivity contribution in [2.45, 2.75) is 25.0 Å². The van der Waals surface area contributed by atoms with E-state index >= 15 is 0 Å². The highest BCUT2D eigenvalue weighted by Gasteiger charge is 2.58. The van der Waals surface area contributed by atoms with Crippen molar-refractivity contribution in [2.24, 2.45) is 4.99 Å². The molecule has 1 unspecified atom stereocenters. The number of likely N-dealkylation sites (N-methyl/N-ethyl adjacent to an activating group) is 1. The molecule has 3 aromatic rings. The van der Waals surface area contributed by atoms with Gasteiger partial charge in [0, 0.05) is 29.2 Å². The molecule has 0 bridgehead atoms. The third-order valence-corrected chi connectivity index (χ3v) is 6.57. The van der Waals surface area contributed by atoms with Gasteiger partial charge in [0.25, 0.3) is 0 Å². The van der Waals surface area contributed by atoms with Gasteiger partial charge in [-0.15, -0.1) is 0 Å². The number of hydrogen-bond donors (Lipinski definition) is 0. The standard InChI is InChI=1S/C25H21ClN2O3/c1-5-22(29)30-17-8-9-18-15(12-17)6-11-21-23(18)27-14-25(31-21)24(2,3)19-13-16(26)7-10-20(19)28(25)4/h5-14H,1H2,2-4H3. The maximum Gasteiger partial charge on any atom is 0.335 e. The van der Waals surface area contributed by atoms with Gasteiger partial charge in [-0.2, -0.15) is 0 Å². The highest BCUT2D eigenvalue weighted by Crippen LogP contribution is 2.54. The van der Waals surface area contributed by atoms with E-state index in [0.29, 0.717) is 16.5 Å². The van der Waals surface area contributed by atoms with Gasteiger partial charge < -0.3 is 14.4 Å². The number of carbonyl (C=O) groups excluding carboxylic acids is 1. The summed E-state index contributed by atoms with van der Waals surface area (Å²) in [5.74, 6) is 0.662. The summed E-state index contributed by atoms with van der Waals surface area (Å²) < 4.78 is 11.9. The third kappa shape index (κ3) is 2.70. The van der Waals surface area contributed by atoms with Gasteiger partial charge in [0.1, 0.15) is 17.2 Å². The number of carbonyl (C=O) groups is 1. The first-order valence-electron chi connectivity index (χ1n) is 9.96. The fourth-order valence-electron chi connectivity index (χ4n) is 4.59. The Morgan fingerprint density at radius 2 is 2.00 bits per heavy atom. The molecule has 2 aliphatic rings. The molecule has 0 amide bonds. The van der Waals surface area contributed by atoms with E-state index in [0.717, 1.165) is 33.8 Å². The monoisotopic (exact) mass is 432 g/mol. The number of aliphatic imine (C=N–C) groups is 1. The van der Waals surface area contributed by atoms with E-state index in [4.69, 9.17) is 26.1 Å². The Labute approximate surface area is 185 Å². The van der Waals surface area contributed by atoms with Gasteiger partial charge in [-0.1, -0.05) is 24.2 Å². The van der Waals surface area contributed by atoms with Crippen molar-refractivity contribution in [3.8, 4) is 11.5 Å². The molecule has 2 aliphatic heterocycles. The van der Waals surface area contributed by atoms with Crippen LogP contribution < -0.4 is 14.4 Å². The Bertz CT molecular complexity index is 1300. The number of nitrogens with zero attached hydrogens (tertiary/aromatic N) is 2. The van der Waals surface area contributed by atoms with Crippen LogP contribution in [0.3, 0.4) is 0 Å². The summed E-state index contributed by atoms with van der Waals surface area (Å²) in [4.78, 5) is 18.5. The molecule has 1 atom stereocenters. The van der Waals surface area contributed by atoms with E-state index in [2.05, 4.69) is 25.3 Å². The summed E-state index contributed by atoms with van der Waals surface area (Å²) in [6, 6.07) is 15.2. The van der Waals surface area contributed by atoms with Gasteiger partial charge in [0.2, 0.25) is 5.72 Å². The predicted octanol–water partition coefficient (Wildman–Crippen LogP) is 5.80. The second-order valence-electron chi connectivity index (χ2n) is 8.32. The molecule has 0 N–H and O–H groups in total. The van der Waals surface area contributed by atoms with Gasteiger partial charge in [-0.3, -0.25) is 4.99 Å². The van der Waals surface area contributed by atoms with Crippen LogP contribution in [0.2, 0.25) is 5.02 Å². The lowest BCUT2D eigenvalue weighted by Crippen LogP contribution is -2.61. The summed E-state index contributed by atoms with van der Waals surface area (Å²) in [5, 5.41) is 2.52. The zero-order chi connectivity index (χ0) is 22.0. The van der Waals surface area contributed by atoms with E-state index in [1.807, 2.05) is 49.7 Å². The normalized spacial score (nSPS) is 20.3. The van der Waals surface area contributed by atoms with Crippen molar-refractivity contribution in [1.82, 2.24) is 0 Å². The number of esters is 1. The van der Waals surface area contributed by atoms with Gasteiger partial charge in [-0.05, 0) is 67.3 Å². The van der Waals surface area contributed by atoms with Gasteiger partial charge >= 0.3 is 5.97 Å². The molecule has 6 heteroatoms. The first kappa shape index (κ1) is 19.6. The van der Waals surface area contributed by atoms with Gasteiger partial charge in [0.05, 0.1) is 11.6 Å². The summed E-state index contributed by atoms with van der Waals surface area (Å²) in [7, 11) is 2.01. The lowest BCUT2D eigenvalue weighted by atomic mass is 9.77. The highest BCUT2D eigenvalue weighted by molar-refractivity contribution is 6.30. The second kappa shape index (κ2) is 6.59. The first-order chi connectivity index (χ1) is 14.8. The number of anilines is 1. The van der Waals surface area contributed by atoms with Crippen LogP contribution in [0.25, 0.3) is 10.8 Å². The quantitative estimate of drug-likeness (QED) is 0.291. The molecule has 0 saturated carbocycles. The number of hydrogen-bond acceptors (Lipinski definition) is 5. The van der Waals surface area contributed by atoms with Crippen molar-refractivity contribution < 1.29 is 14.3 Å². The van der Waals surface area contributed by atoms with Crippen molar-refractivity contribution in [3.63, 3.8) is 0 Å². The zero-order valence-electron chi connectivity index (χ0n) is 17.5. The minimum Gasteiger partial charge on any atom is -0.459 e. The van der Waals surface area contributed by atoms with E-state index in [1.165, 1.54) is 0 Å². The van der Waals surface area contributed by atoms with Crippen molar-refractivity contribution in [3.05, 3.63) is 71.8 Å². The van der Waals surface area contributed by atoms with Crippen molar-refractivity contribution in [1.29, 1.82) is 0 Å². The third-order valence-electron chi connectivity index (χ3n) is 6.33. The molecular formula is C25H21ClN2O3. The van der Waals surface area contributed by atoms with Crippen LogP contribution in [0.5, 0.6) is 11.5 Å². The van der Waals surface area contributed by atoms with Crippen molar-refractivity contribution >= 4 is 45.9 Å². The van der Waals surface area contributed by atoms with Crippen LogP contribution in [-0.2, 0) is 10.2 Å². The fraction of sp³-hybridized carbons (Fsp3) is 0.200. The maximum absolute atomic E-state index is 11.5. The minimum absolute atomic E-state index is 0.388. The first-order valence-corrected chi connectivity index (χ1v) is 10.3.